The Morgan fingerprint density at radius 3 is 2.05 bits per heavy atom. The van der Waals surface area contributed by atoms with Gasteiger partial charge >= 0.3 is 0 Å². The van der Waals surface area contributed by atoms with E-state index in [4.69, 9.17) is 0 Å². The third-order valence-corrected chi connectivity index (χ3v) is 2.55. The second kappa shape index (κ2) is 7.87. The molecule has 0 unspecified atom stereocenters. The Kier molecular flexibility index (Phi) is 5.58. The minimum absolute atomic E-state index is 0.284. The molecule has 22 heavy (non-hydrogen) atoms. The first-order valence-corrected chi connectivity index (χ1v) is 6.99. The van der Waals surface area contributed by atoms with Crippen molar-refractivity contribution in [1.29, 1.82) is 0 Å². The quantitative estimate of drug-likeness (QED) is 0.537. The maximum atomic E-state index is 12.8. The first-order chi connectivity index (χ1) is 10.7. The lowest BCUT2D eigenvalue weighted by molar-refractivity contribution is 0.628. The predicted octanol–water partition coefficient (Wildman–Crippen LogP) is 2.32. The number of benzene rings is 1. The Labute approximate surface area is 128 Å². The molecule has 0 amide bonds. The monoisotopic (exact) mass is 303 g/mol. The Morgan fingerprint density at radius 2 is 1.50 bits per heavy atom. The number of rotatable bonds is 7. The summed E-state index contributed by atoms with van der Waals surface area (Å²) in [4.78, 5) is 12.6. The molecule has 0 saturated heterocycles. The number of anilines is 3. The zero-order chi connectivity index (χ0) is 15.8. The van der Waals surface area contributed by atoms with Crippen LogP contribution in [0.5, 0.6) is 0 Å². The van der Waals surface area contributed by atoms with Crippen molar-refractivity contribution in [2.24, 2.45) is 5.10 Å². The van der Waals surface area contributed by atoms with Gasteiger partial charge in [0.25, 0.3) is 0 Å². The van der Waals surface area contributed by atoms with Gasteiger partial charge in [0, 0.05) is 13.1 Å². The van der Waals surface area contributed by atoms with Gasteiger partial charge in [0.15, 0.2) is 0 Å². The number of hydrazone groups is 1. The highest BCUT2D eigenvalue weighted by molar-refractivity contribution is 5.79. The van der Waals surface area contributed by atoms with E-state index in [-0.39, 0.29) is 5.82 Å². The Morgan fingerprint density at radius 1 is 0.955 bits per heavy atom. The van der Waals surface area contributed by atoms with Crippen LogP contribution in [0.25, 0.3) is 0 Å². The Bertz CT molecular complexity index is 603. The lowest BCUT2D eigenvalue weighted by Gasteiger charge is -2.07. The van der Waals surface area contributed by atoms with Crippen LogP contribution < -0.4 is 16.1 Å². The fourth-order valence-corrected chi connectivity index (χ4v) is 1.61. The normalized spacial score (nSPS) is 10.7. The summed E-state index contributed by atoms with van der Waals surface area (Å²) in [5.41, 5.74) is 3.50. The number of hydrogen-bond donors (Lipinski definition) is 3. The van der Waals surface area contributed by atoms with Crippen molar-refractivity contribution in [1.82, 2.24) is 15.0 Å². The summed E-state index contributed by atoms with van der Waals surface area (Å²) < 4.78 is 12.8. The molecule has 1 aromatic carbocycles. The second-order valence-corrected chi connectivity index (χ2v) is 4.29. The van der Waals surface area contributed by atoms with Crippen molar-refractivity contribution in [2.75, 3.05) is 29.1 Å². The van der Waals surface area contributed by atoms with Gasteiger partial charge in [0.05, 0.1) is 6.21 Å². The van der Waals surface area contributed by atoms with E-state index in [1.54, 1.807) is 18.3 Å². The van der Waals surface area contributed by atoms with E-state index in [1.807, 2.05) is 13.8 Å². The molecule has 0 saturated carbocycles. The van der Waals surface area contributed by atoms with Crippen molar-refractivity contribution in [3.63, 3.8) is 0 Å². The number of nitrogens with one attached hydrogen (secondary N) is 3. The molecule has 3 N–H and O–H groups in total. The number of aromatic nitrogens is 3. The van der Waals surface area contributed by atoms with Crippen LogP contribution in [0, 0.1) is 5.82 Å². The summed E-state index contributed by atoms with van der Waals surface area (Å²) in [6.45, 7) is 5.31. The predicted molar refractivity (Wildman–Crippen MR) is 85.8 cm³/mol. The summed E-state index contributed by atoms with van der Waals surface area (Å²) in [7, 11) is 0. The van der Waals surface area contributed by atoms with Crippen molar-refractivity contribution in [3.05, 3.63) is 35.6 Å². The molecule has 0 spiro atoms. The van der Waals surface area contributed by atoms with E-state index in [9.17, 15) is 4.39 Å². The van der Waals surface area contributed by atoms with E-state index in [0.717, 1.165) is 5.56 Å². The molecule has 0 aliphatic carbocycles. The van der Waals surface area contributed by atoms with Crippen LogP contribution in [-0.2, 0) is 0 Å². The van der Waals surface area contributed by atoms with Crippen LogP contribution in [-0.4, -0.2) is 34.3 Å². The van der Waals surface area contributed by atoms with Crippen LogP contribution in [0.15, 0.2) is 29.4 Å². The van der Waals surface area contributed by atoms with Crippen LogP contribution in [0.4, 0.5) is 22.2 Å². The van der Waals surface area contributed by atoms with Crippen LogP contribution >= 0.6 is 0 Å². The molecule has 2 rings (SSSR count). The van der Waals surface area contributed by atoms with Crippen LogP contribution in [0.1, 0.15) is 19.4 Å². The van der Waals surface area contributed by atoms with Gasteiger partial charge in [-0.1, -0.05) is 12.1 Å². The van der Waals surface area contributed by atoms with E-state index in [1.165, 1.54) is 12.1 Å². The van der Waals surface area contributed by atoms with Gasteiger partial charge in [-0.3, -0.25) is 0 Å². The topological polar surface area (TPSA) is 87.1 Å². The highest BCUT2D eigenvalue weighted by Gasteiger charge is 2.04. The first-order valence-electron chi connectivity index (χ1n) is 6.99. The van der Waals surface area contributed by atoms with Crippen molar-refractivity contribution in [2.45, 2.75) is 13.8 Å². The van der Waals surface area contributed by atoms with Gasteiger partial charge in [-0.2, -0.15) is 20.1 Å². The third kappa shape index (κ3) is 4.65. The lowest BCUT2D eigenvalue weighted by atomic mass is 10.2. The Hall–Kier alpha value is -2.77. The fourth-order valence-electron chi connectivity index (χ4n) is 1.61. The lowest BCUT2D eigenvalue weighted by Crippen LogP contribution is -2.10. The van der Waals surface area contributed by atoms with E-state index in [2.05, 4.69) is 36.1 Å². The Balaban J connectivity index is 2.08. The minimum atomic E-state index is -0.284. The zero-order valence-electron chi connectivity index (χ0n) is 12.5. The highest BCUT2D eigenvalue weighted by Crippen LogP contribution is 2.09. The van der Waals surface area contributed by atoms with Gasteiger partial charge in [0.1, 0.15) is 5.82 Å². The summed E-state index contributed by atoms with van der Waals surface area (Å²) in [5, 5.41) is 10.1. The SMILES string of the molecule is CCNc1nc(NCC)nc(N/N=C\c2ccc(F)cc2)n1. The maximum Gasteiger partial charge on any atom is 0.250 e. The fraction of sp³-hybridized carbons (Fsp3) is 0.286. The van der Waals surface area contributed by atoms with Gasteiger partial charge in [-0.25, -0.2) is 9.82 Å². The van der Waals surface area contributed by atoms with Crippen LogP contribution in [0.2, 0.25) is 0 Å². The molecule has 116 valence electrons. The van der Waals surface area contributed by atoms with Gasteiger partial charge < -0.3 is 10.6 Å². The van der Waals surface area contributed by atoms with Crippen molar-refractivity contribution in [3.8, 4) is 0 Å². The number of hydrogen-bond acceptors (Lipinski definition) is 7. The zero-order valence-corrected chi connectivity index (χ0v) is 12.5. The van der Waals surface area contributed by atoms with E-state index < -0.39 is 0 Å². The molecule has 2 aromatic rings. The molecule has 0 atom stereocenters. The summed E-state index contributed by atoms with van der Waals surface area (Å²) in [6.07, 6.45) is 1.56. The largest absolute Gasteiger partial charge is 0.354 e. The molecule has 8 heteroatoms. The molecule has 1 heterocycles. The first kappa shape index (κ1) is 15.6. The molecule has 0 fully saturated rings. The summed E-state index contributed by atoms with van der Waals surface area (Å²) in [6, 6.07) is 6.00. The van der Waals surface area contributed by atoms with Gasteiger partial charge in [-0.05, 0) is 31.5 Å². The standard InChI is InChI=1S/C14H18FN7/c1-3-16-12-19-13(17-4-2)21-14(20-12)22-18-9-10-5-7-11(15)8-6-10/h5-9H,3-4H2,1-2H3,(H3,16,17,19,20,21,22)/b18-9-. The number of nitrogens with zero attached hydrogens (tertiary/aromatic N) is 4. The molecule has 7 nitrogen and oxygen atoms in total. The number of halogens is 1. The van der Waals surface area contributed by atoms with Crippen molar-refractivity contribution >= 4 is 24.1 Å². The van der Waals surface area contributed by atoms with Crippen LogP contribution in [0.3, 0.4) is 0 Å². The third-order valence-electron chi connectivity index (χ3n) is 2.55. The van der Waals surface area contributed by atoms with Crippen molar-refractivity contribution < 1.29 is 4.39 Å². The van der Waals surface area contributed by atoms with Gasteiger partial charge in [-0.15, -0.1) is 0 Å². The average Bonchev–Trinajstić information content (AvgIpc) is 2.50. The molecule has 0 aliphatic rings. The molecular weight excluding hydrogens is 285 g/mol. The second-order valence-electron chi connectivity index (χ2n) is 4.29. The molecule has 0 radical (unpaired) electrons. The molecule has 0 aliphatic heterocycles. The molecule has 0 bridgehead atoms. The summed E-state index contributed by atoms with van der Waals surface area (Å²) >= 11 is 0. The summed E-state index contributed by atoms with van der Waals surface area (Å²) in [5.74, 6) is 0.967. The molecule has 1 aromatic heterocycles. The van der Waals surface area contributed by atoms with Gasteiger partial charge in [0.2, 0.25) is 17.8 Å². The highest BCUT2D eigenvalue weighted by atomic mass is 19.1. The minimum Gasteiger partial charge on any atom is -0.354 e. The molecular formula is C14H18FN7. The average molecular weight is 303 g/mol. The van der Waals surface area contributed by atoms with E-state index >= 15 is 0 Å². The maximum absolute atomic E-state index is 12.8. The van der Waals surface area contributed by atoms with E-state index in [0.29, 0.717) is 30.9 Å². The smallest absolute Gasteiger partial charge is 0.250 e.